The van der Waals surface area contributed by atoms with Gasteiger partial charge in [-0.05, 0) is 96.3 Å². The minimum absolute atomic E-state index is 0.0782. The van der Waals surface area contributed by atoms with Crippen LogP contribution in [0.5, 0.6) is 0 Å². The molecule has 0 N–H and O–H groups in total. The van der Waals surface area contributed by atoms with Crippen LogP contribution < -0.4 is 0 Å². The molecule has 0 saturated carbocycles. The Hall–Kier alpha value is -3.67. The average molecular weight is 1060 g/mol. The van der Waals surface area contributed by atoms with Gasteiger partial charge in [0.1, 0.15) is 13.2 Å². The lowest BCUT2D eigenvalue weighted by atomic mass is 10.0. The third-order valence-electron chi connectivity index (χ3n) is 13.8. The van der Waals surface area contributed by atoms with Crippen LogP contribution in [0.1, 0.15) is 310 Å². The highest BCUT2D eigenvalue weighted by atomic mass is 16.6. The molecule has 0 spiro atoms. The van der Waals surface area contributed by atoms with Crippen LogP contribution in [0.15, 0.2) is 97.2 Å². The summed E-state index contributed by atoms with van der Waals surface area (Å²) in [7, 11) is 0. The first-order valence-electron chi connectivity index (χ1n) is 32.2. The molecular weight excluding hydrogens is 937 g/mol. The van der Waals surface area contributed by atoms with E-state index in [0.717, 1.165) is 116 Å². The summed E-state index contributed by atoms with van der Waals surface area (Å²) in [6.07, 6.45) is 85.7. The second-order valence-electron chi connectivity index (χ2n) is 21.3. The van der Waals surface area contributed by atoms with Gasteiger partial charge in [-0.25, -0.2) is 0 Å². The number of hydrogen-bond donors (Lipinski definition) is 0. The van der Waals surface area contributed by atoms with Gasteiger partial charge in [0.15, 0.2) is 6.10 Å². The summed E-state index contributed by atoms with van der Waals surface area (Å²) in [6.45, 7) is 6.48. The molecule has 0 aliphatic heterocycles. The van der Waals surface area contributed by atoms with Gasteiger partial charge in [0.05, 0.1) is 0 Å². The van der Waals surface area contributed by atoms with Crippen LogP contribution in [0.3, 0.4) is 0 Å². The van der Waals surface area contributed by atoms with Crippen LogP contribution in [-0.2, 0) is 28.6 Å². The number of ether oxygens (including phenoxy) is 3. The Balaban J connectivity index is 4.15. The molecule has 6 heteroatoms. The van der Waals surface area contributed by atoms with Crippen LogP contribution >= 0.6 is 0 Å². The van der Waals surface area contributed by atoms with E-state index in [-0.39, 0.29) is 31.1 Å². The smallest absolute Gasteiger partial charge is 0.306 e. The number of allylic oxidation sites excluding steroid dienone is 16. The predicted octanol–water partition coefficient (Wildman–Crippen LogP) is 22.0. The Morgan fingerprint density at radius 2 is 0.539 bits per heavy atom. The fourth-order valence-corrected chi connectivity index (χ4v) is 9.02. The molecule has 76 heavy (non-hydrogen) atoms. The number of esters is 3. The molecule has 6 nitrogen and oxygen atoms in total. The molecule has 1 atom stereocenters. The summed E-state index contributed by atoms with van der Waals surface area (Å²) in [5.74, 6) is -0.881. The maximum absolute atomic E-state index is 12.9. The largest absolute Gasteiger partial charge is 0.462 e. The van der Waals surface area contributed by atoms with Gasteiger partial charge in [-0.15, -0.1) is 0 Å². The van der Waals surface area contributed by atoms with Crippen molar-refractivity contribution in [2.45, 2.75) is 316 Å². The van der Waals surface area contributed by atoms with Crippen molar-refractivity contribution in [1.29, 1.82) is 0 Å². The second kappa shape index (κ2) is 63.9. The van der Waals surface area contributed by atoms with E-state index in [4.69, 9.17) is 14.2 Å². The van der Waals surface area contributed by atoms with Gasteiger partial charge in [0.25, 0.3) is 0 Å². The predicted molar refractivity (Wildman–Crippen MR) is 330 cm³/mol. The lowest BCUT2D eigenvalue weighted by Crippen LogP contribution is -2.30. The molecule has 0 aliphatic rings. The Kier molecular flexibility index (Phi) is 60.8. The molecule has 0 saturated heterocycles. The van der Waals surface area contributed by atoms with Crippen LogP contribution in [0.4, 0.5) is 0 Å². The lowest BCUT2D eigenvalue weighted by Gasteiger charge is -2.18. The van der Waals surface area contributed by atoms with Crippen molar-refractivity contribution in [3.8, 4) is 0 Å². The van der Waals surface area contributed by atoms with Gasteiger partial charge < -0.3 is 14.2 Å². The third kappa shape index (κ3) is 61.2. The summed E-state index contributed by atoms with van der Waals surface area (Å²) in [5, 5.41) is 0. The maximum atomic E-state index is 12.9. The van der Waals surface area contributed by atoms with E-state index < -0.39 is 6.10 Å². The molecule has 0 rings (SSSR count). The van der Waals surface area contributed by atoms with E-state index in [0.29, 0.717) is 19.3 Å². The normalized spacial score (nSPS) is 12.7. The standard InChI is InChI=1S/C70H120O6/c1-4-7-10-13-16-19-22-24-26-27-28-29-30-31-32-33-34-35-36-37-38-39-40-41-42-43-45-46-48-51-54-57-60-63-69(72)75-66-67(65-74-68(71)62-59-56-53-50-21-18-15-12-9-6-3)76-70(73)64-61-58-55-52-49-47-44-25-23-20-17-14-11-8-5-2/h7,10,12,15-16,19,24,26,28-29,31-32,34-35,37-38,67H,4-6,8-9,11,13-14,17-18,20-23,25,27,30,33,36,39-66H2,1-3H3/b10-7-,15-12-,19-16-,26-24-,29-28-,32-31-,35-34-,38-37-. The van der Waals surface area contributed by atoms with Gasteiger partial charge in [-0.1, -0.05) is 291 Å². The molecule has 0 aromatic carbocycles. The summed E-state index contributed by atoms with van der Waals surface area (Å²) in [4.78, 5) is 38.2. The molecule has 0 radical (unpaired) electrons. The van der Waals surface area contributed by atoms with Crippen LogP contribution in [0.25, 0.3) is 0 Å². The fraction of sp³-hybridized carbons (Fsp3) is 0.729. The summed E-state index contributed by atoms with van der Waals surface area (Å²) in [6, 6.07) is 0. The van der Waals surface area contributed by atoms with Gasteiger partial charge in [-0.2, -0.15) is 0 Å². The fourth-order valence-electron chi connectivity index (χ4n) is 9.02. The zero-order valence-electron chi connectivity index (χ0n) is 50.0. The van der Waals surface area contributed by atoms with E-state index in [9.17, 15) is 14.4 Å². The molecule has 0 amide bonds. The Bertz CT molecular complexity index is 1490. The van der Waals surface area contributed by atoms with Crippen LogP contribution in [0, 0.1) is 0 Å². The van der Waals surface area contributed by atoms with E-state index in [1.165, 1.54) is 154 Å². The van der Waals surface area contributed by atoms with Crippen molar-refractivity contribution >= 4 is 17.9 Å². The number of hydrogen-bond acceptors (Lipinski definition) is 6. The SMILES string of the molecule is CC/C=C\C/C=C\C/C=C\C/C=C\C/C=C\C/C=C\C/C=C\CCCCCCCCCCCCCC(=O)OCC(COC(=O)CCCCCCC/C=C\CCC)OC(=O)CCCCCCCCCCCCCCCCC. The molecule has 436 valence electrons. The average Bonchev–Trinajstić information content (AvgIpc) is 3.42. The van der Waals surface area contributed by atoms with Crippen molar-refractivity contribution in [3.63, 3.8) is 0 Å². The van der Waals surface area contributed by atoms with Gasteiger partial charge in [0, 0.05) is 19.3 Å². The van der Waals surface area contributed by atoms with Crippen LogP contribution in [0.2, 0.25) is 0 Å². The Morgan fingerprint density at radius 3 is 0.868 bits per heavy atom. The Labute approximate surface area is 470 Å². The van der Waals surface area contributed by atoms with E-state index >= 15 is 0 Å². The third-order valence-corrected chi connectivity index (χ3v) is 13.8. The summed E-state index contributed by atoms with van der Waals surface area (Å²) >= 11 is 0. The molecule has 0 heterocycles. The molecule has 0 aromatic rings. The number of carbonyl (C=O) groups is 3. The molecule has 0 aliphatic carbocycles. The van der Waals surface area contributed by atoms with Crippen molar-refractivity contribution in [3.05, 3.63) is 97.2 Å². The highest BCUT2D eigenvalue weighted by Gasteiger charge is 2.19. The first-order chi connectivity index (χ1) is 37.5. The Morgan fingerprint density at radius 1 is 0.276 bits per heavy atom. The van der Waals surface area contributed by atoms with Gasteiger partial charge >= 0.3 is 17.9 Å². The monoisotopic (exact) mass is 1060 g/mol. The van der Waals surface area contributed by atoms with Crippen molar-refractivity contribution in [1.82, 2.24) is 0 Å². The van der Waals surface area contributed by atoms with Crippen molar-refractivity contribution in [2.24, 2.45) is 0 Å². The summed E-state index contributed by atoms with van der Waals surface area (Å²) < 4.78 is 16.9. The van der Waals surface area contributed by atoms with E-state index in [2.05, 4.69) is 118 Å². The van der Waals surface area contributed by atoms with Crippen molar-refractivity contribution in [2.75, 3.05) is 13.2 Å². The number of unbranched alkanes of at least 4 members (excludes halogenated alkanes) is 31. The molecule has 0 bridgehead atoms. The number of rotatable bonds is 58. The van der Waals surface area contributed by atoms with Crippen molar-refractivity contribution < 1.29 is 28.6 Å². The lowest BCUT2D eigenvalue weighted by molar-refractivity contribution is -0.167. The first-order valence-corrected chi connectivity index (χ1v) is 32.2. The summed E-state index contributed by atoms with van der Waals surface area (Å²) in [5.41, 5.74) is 0. The zero-order valence-corrected chi connectivity index (χ0v) is 50.0. The quantitative estimate of drug-likeness (QED) is 0.0261. The minimum atomic E-state index is -0.779. The first kappa shape index (κ1) is 72.3. The molecular formula is C70H120O6. The topological polar surface area (TPSA) is 78.9 Å². The minimum Gasteiger partial charge on any atom is -0.462 e. The maximum Gasteiger partial charge on any atom is 0.306 e. The van der Waals surface area contributed by atoms with E-state index in [1.807, 2.05) is 0 Å². The highest BCUT2D eigenvalue weighted by Crippen LogP contribution is 2.17. The van der Waals surface area contributed by atoms with Gasteiger partial charge in [0.2, 0.25) is 0 Å². The van der Waals surface area contributed by atoms with Crippen LogP contribution in [-0.4, -0.2) is 37.2 Å². The highest BCUT2D eigenvalue weighted by molar-refractivity contribution is 5.71. The molecule has 0 fully saturated rings. The van der Waals surface area contributed by atoms with E-state index in [1.54, 1.807) is 0 Å². The zero-order chi connectivity index (χ0) is 55.0. The number of carbonyl (C=O) groups excluding carboxylic acids is 3. The molecule has 0 aromatic heterocycles. The molecule has 1 unspecified atom stereocenters. The second-order valence-corrected chi connectivity index (χ2v) is 21.3. The van der Waals surface area contributed by atoms with Gasteiger partial charge in [-0.3, -0.25) is 14.4 Å².